The summed E-state index contributed by atoms with van der Waals surface area (Å²) >= 11 is 0. The van der Waals surface area contributed by atoms with Gasteiger partial charge in [-0.3, -0.25) is 9.78 Å². The molecule has 0 amide bonds. The second-order valence-corrected chi connectivity index (χ2v) is 4.02. The Morgan fingerprint density at radius 2 is 2.27 bits per heavy atom. The summed E-state index contributed by atoms with van der Waals surface area (Å²) in [5, 5.41) is 0. The molecule has 0 saturated heterocycles. The molecule has 0 spiro atoms. The van der Waals surface area contributed by atoms with Crippen molar-refractivity contribution in [2.75, 3.05) is 0 Å². The number of hydrogen-bond donors (Lipinski definition) is 0. The Kier molecular flexibility index (Phi) is 2.23. The summed E-state index contributed by atoms with van der Waals surface area (Å²) in [4.78, 5) is 14.9. The van der Waals surface area contributed by atoms with Gasteiger partial charge in [-0.2, -0.15) is 0 Å². The van der Waals surface area contributed by atoms with Gasteiger partial charge in [0.05, 0.1) is 12.3 Å². The summed E-state index contributed by atoms with van der Waals surface area (Å²) in [5.41, 5.74) is 2.11. The van der Waals surface area contributed by atoms with Crippen LogP contribution in [0.5, 0.6) is 5.75 Å². The van der Waals surface area contributed by atoms with E-state index < -0.39 is 5.79 Å². The van der Waals surface area contributed by atoms with Gasteiger partial charge in [-0.25, -0.2) is 0 Å². The zero-order chi connectivity index (χ0) is 11.1. The summed E-state index contributed by atoms with van der Waals surface area (Å²) < 4.78 is 11.1. The highest BCUT2D eigenvalue weighted by molar-refractivity contribution is 5.78. The van der Waals surface area contributed by atoms with E-state index in [-0.39, 0.29) is 0 Å². The van der Waals surface area contributed by atoms with E-state index in [0.717, 1.165) is 17.5 Å². The van der Waals surface area contributed by atoms with E-state index in [1.165, 1.54) is 0 Å². The molecule has 0 bridgehead atoms. The number of ether oxygens (including phenoxy) is 2. The van der Waals surface area contributed by atoms with Crippen LogP contribution >= 0.6 is 0 Å². The number of aromatic nitrogens is 1. The topological polar surface area (TPSA) is 48.4 Å². The maximum absolute atomic E-state index is 10.8. The molecule has 0 N–H and O–H groups in total. The van der Waals surface area contributed by atoms with Gasteiger partial charge in [0.1, 0.15) is 0 Å². The summed E-state index contributed by atoms with van der Waals surface area (Å²) in [5.74, 6) is 0.0249. The average Bonchev–Trinajstić information content (AvgIpc) is 2.18. The number of pyridine rings is 1. The molecule has 0 saturated carbocycles. The van der Waals surface area contributed by atoms with Crippen LogP contribution in [0.25, 0.3) is 0 Å². The van der Waals surface area contributed by atoms with Crippen molar-refractivity contribution in [3.63, 3.8) is 0 Å². The van der Waals surface area contributed by atoms with Crippen molar-refractivity contribution in [1.82, 2.24) is 4.98 Å². The molecule has 0 atom stereocenters. The molecular formula is C11H13NO3. The fourth-order valence-corrected chi connectivity index (χ4v) is 1.56. The first kappa shape index (κ1) is 10.1. The maximum Gasteiger partial charge on any atom is 0.205 e. The van der Waals surface area contributed by atoms with Crippen molar-refractivity contribution in [2.24, 2.45) is 0 Å². The summed E-state index contributed by atoms with van der Waals surface area (Å²) in [7, 11) is 0. The molecule has 1 aliphatic heterocycles. The number of rotatable bonds is 1. The van der Waals surface area contributed by atoms with Crippen molar-refractivity contribution >= 4 is 6.29 Å². The standard InChI is InChI=1S/C11H13NO3/c1-7-10-9(8(5-13)4-12-7)6-14-11(2,3)15-10/h4-5H,6H2,1-3H3. The first-order valence-corrected chi connectivity index (χ1v) is 4.80. The monoisotopic (exact) mass is 207 g/mol. The number of nitrogens with zero attached hydrogens (tertiary/aromatic N) is 1. The van der Waals surface area contributed by atoms with E-state index in [9.17, 15) is 4.79 Å². The van der Waals surface area contributed by atoms with E-state index in [2.05, 4.69) is 4.98 Å². The van der Waals surface area contributed by atoms with Gasteiger partial charge < -0.3 is 9.47 Å². The van der Waals surface area contributed by atoms with Crippen molar-refractivity contribution in [3.05, 3.63) is 23.0 Å². The Labute approximate surface area is 88.2 Å². The lowest BCUT2D eigenvalue weighted by atomic mass is 10.1. The van der Waals surface area contributed by atoms with Crippen LogP contribution in [-0.4, -0.2) is 17.1 Å². The van der Waals surface area contributed by atoms with Crippen LogP contribution in [0.2, 0.25) is 0 Å². The Morgan fingerprint density at radius 1 is 1.53 bits per heavy atom. The molecule has 80 valence electrons. The predicted molar refractivity (Wildman–Crippen MR) is 53.9 cm³/mol. The normalized spacial score (nSPS) is 17.8. The predicted octanol–water partition coefficient (Wildman–Crippen LogP) is 1.85. The Morgan fingerprint density at radius 3 is 2.93 bits per heavy atom. The number of fused-ring (bicyclic) bond motifs is 1. The molecule has 1 aromatic heterocycles. The highest BCUT2D eigenvalue weighted by atomic mass is 16.7. The molecule has 4 heteroatoms. The van der Waals surface area contributed by atoms with Crippen LogP contribution < -0.4 is 4.74 Å². The first-order valence-electron chi connectivity index (χ1n) is 4.80. The van der Waals surface area contributed by atoms with E-state index in [1.54, 1.807) is 6.20 Å². The second kappa shape index (κ2) is 3.31. The number of aldehydes is 1. The van der Waals surface area contributed by atoms with Crippen LogP contribution in [0.3, 0.4) is 0 Å². The minimum absolute atomic E-state index is 0.389. The van der Waals surface area contributed by atoms with Crippen molar-refractivity contribution in [2.45, 2.75) is 33.2 Å². The van der Waals surface area contributed by atoms with Gasteiger partial charge in [0.2, 0.25) is 5.79 Å². The molecular weight excluding hydrogens is 194 g/mol. The summed E-state index contributed by atoms with van der Waals surface area (Å²) in [6.07, 6.45) is 2.32. The highest BCUT2D eigenvalue weighted by Gasteiger charge is 2.30. The number of carbonyl (C=O) groups excluding carboxylic acids is 1. The van der Waals surface area contributed by atoms with Gasteiger partial charge >= 0.3 is 0 Å². The minimum Gasteiger partial charge on any atom is -0.461 e. The fourth-order valence-electron chi connectivity index (χ4n) is 1.56. The van der Waals surface area contributed by atoms with Gasteiger partial charge in [0.25, 0.3) is 0 Å². The van der Waals surface area contributed by atoms with Gasteiger partial charge in [-0.15, -0.1) is 0 Å². The molecule has 15 heavy (non-hydrogen) atoms. The largest absolute Gasteiger partial charge is 0.461 e. The SMILES string of the molecule is Cc1ncc(C=O)c2c1OC(C)(C)OC2. The summed E-state index contributed by atoms with van der Waals surface area (Å²) in [6.45, 7) is 5.92. The van der Waals surface area contributed by atoms with Crippen LogP contribution in [0.15, 0.2) is 6.20 Å². The van der Waals surface area contributed by atoms with Crippen LogP contribution in [0.1, 0.15) is 35.5 Å². The smallest absolute Gasteiger partial charge is 0.205 e. The molecule has 1 aliphatic rings. The number of hydrogen-bond acceptors (Lipinski definition) is 4. The van der Waals surface area contributed by atoms with Crippen LogP contribution in [0, 0.1) is 6.92 Å². The lowest BCUT2D eigenvalue weighted by molar-refractivity contribution is -0.180. The lowest BCUT2D eigenvalue weighted by Crippen LogP contribution is -2.36. The van der Waals surface area contributed by atoms with Crippen LogP contribution in [0.4, 0.5) is 0 Å². The zero-order valence-corrected chi connectivity index (χ0v) is 9.03. The highest BCUT2D eigenvalue weighted by Crippen LogP contribution is 2.34. The van der Waals surface area contributed by atoms with Crippen molar-refractivity contribution in [1.29, 1.82) is 0 Å². The average molecular weight is 207 g/mol. The third-order valence-corrected chi connectivity index (χ3v) is 2.39. The molecule has 0 unspecified atom stereocenters. The zero-order valence-electron chi connectivity index (χ0n) is 9.03. The molecule has 0 aromatic carbocycles. The Balaban J connectivity index is 2.54. The molecule has 0 aliphatic carbocycles. The van der Waals surface area contributed by atoms with E-state index >= 15 is 0 Å². The molecule has 2 rings (SSSR count). The number of aryl methyl sites for hydroxylation is 1. The maximum atomic E-state index is 10.8. The quantitative estimate of drug-likeness (QED) is 0.659. The second-order valence-electron chi connectivity index (χ2n) is 4.02. The number of carbonyl (C=O) groups is 1. The van der Waals surface area contributed by atoms with Gasteiger partial charge in [-0.1, -0.05) is 0 Å². The molecule has 0 fully saturated rings. The molecule has 1 aromatic rings. The van der Waals surface area contributed by atoms with Gasteiger partial charge in [0.15, 0.2) is 12.0 Å². The van der Waals surface area contributed by atoms with Crippen molar-refractivity contribution < 1.29 is 14.3 Å². The van der Waals surface area contributed by atoms with Crippen LogP contribution in [-0.2, 0) is 11.3 Å². The molecule has 2 heterocycles. The molecule has 4 nitrogen and oxygen atoms in total. The van der Waals surface area contributed by atoms with E-state index in [0.29, 0.717) is 17.9 Å². The third-order valence-electron chi connectivity index (χ3n) is 2.39. The fraction of sp³-hybridized carbons (Fsp3) is 0.455. The summed E-state index contributed by atoms with van der Waals surface area (Å²) in [6, 6.07) is 0. The van der Waals surface area contributed by atoms with E-state index in [1.807, 2.05) is 20.8 Å². The molecule has 0 radical (unpaired) electrons. The van der Waals surface area contributed by atoms with Gasteiger partial charge in [0, 0.05) is 31.2 Å². The first-order chi connectivity index (χ1) is 7.03. The van der Waals surface area contributed by atoms with E-state index in [4.69, 9.17) is 9.47 Å². The Hall–Kier alpha value is -1.42. The third kappa shape index (κ3) is 1.72. The van der Waals surface area contributed by atoms with Crippen molar-refractivity contribution in [3.8, 4) is 5.75 Å². The lowest BCUT2D eigenvalue weighted by Gasteiger charge is -2.33. The van der Waals surface area contributed by atoms with Gasteiger partial charge in [-0.05, 0) is 6.92 Å². The minimum atomic E-state index is -0.652. The Bertz CT molecular complexity index is 413.